The van der Waals surface area contributed by atoms with E-state index in [1.54, 1.807) is 32.0 Å². The molecule has 0 aliphatic rings. The van der Waals surface area contributed by atoms with Crippen molar-refractivity contribution < 1.29 is 27.5 Å². The summed E-state index contributed by atoms with van der Waals surface area (Å²) in [6.45, 7) is 3.28. The SMILES string of the molecule is CCOC(=O)[C@H](Br)CN(C[C@H](Br)C(=O)OCC)S(=O)(=O)c1ccccc1. The zero-order chi connectivity index (χ0) is 19.7. The first kappa shape index (κ1) is 23.1. The number of esters is 2. The van der Waals surface area contributed by atoms with Crippen molar-refractivity contribution in [2.75, 3.05) is 26.3 Å². The molecule has 0 amide bonds. The number of sulfonamides is 1. The molecule has 0 N–H and O–H groups in total. The van der Waals surface area contributed by atoms with Crippen molar-refractivity contribution in [3.63, 3.8) is 0 Å². The predicted octanol–water partition coefficient (Wildman–Crippen LogP) is 2.33. The molecule has 2 atom stereocenters. The second-order valence-electron chi connectivity index (χ2n) is 5.07. The van der Waals surface area contributed by atoms with Gasteiger partial charge in [-0.1, -0.05) is 50.1 Å². The third-order valence-electron chi connectivity index (χ3n) is 3.19. The Morgan fingerprint density at radius 2 is 1.38 bits per heavy atom. The van der Waals surface area contributed by atoms with Crippen molar-refractivity contribution >= 4 is 53.8 Å². The number of carbonyl (C=O) groups excluding carboxylic acids is 2. The van der Waals surface area contributed by atoms with E-state index in [0.717, 1.165) is 4.31 Å². The van der Waals surface area contributed by atoms with Gasteiger partial charge in [0.2, 0.25) is 10.0 Å². The monoisotopic (exact) mass is 513 g/mol. The van der Waals surface area contributed by atoms with Crippen LogP contribution in [0.2, 0.25) is 0 Å². The number of carbonyl (C=O) groups is 2. The van der Waals surface area contributed by atoms with Crippen molar-refractivity contribution in [1.29, 1.82) is 0 Å². The van der Waals surface area contributed by atoms with Crippen LogP contribution in [0.1, 0.15) is 13.8 Å². The second kappa shape index (κ2) is 11.0. The Kier molecular flexibility index (Phi) is 9.77. The molecule has 0 aliphatic heterocycles. The molecule has 10 heteroatoms. The van der Waals surface area contributed by atoms with Gasteiger partial charge in [0.05, 0.1) is 18.1 Å². The van der Waals surface area contributed by atoms with Crippen LogP contribution in [0, 0.1) is 0 Å². The molecule has 0 heterocycles. The van der Waals surface area contributed by atoms with E-state index >= 15 is 0 Å². The van der Waals surface area contributed by atoms with Crippen molar-refractivity contribution in [2.24, 2.45) is 0 Å². The van der Waals surface area contributed by atoms with Gasteiger partial charge in [-0.25, -0.2) is 8.42 Å². The lowest BCUT2D eigenvalue weighted by molar-refractivity contribution is -0.142. The summed E-state index contributed by atoms with van der Waals surface area (Å²) in [4.78, 5) is 22.1. The van der Waals surface area contributed by atoms with Gasteiger partial charge in [-0.05, 0) is 26.0 Å². The Morgan fingerprint density at radius 1 is 0.962 bits per heavy atom. The van der Waals surface area contributed by atoms with Crippen molar-refractivity contribution in [1.82, 2.24) is 4.31 Å². The molecule has 0 fully saturated rings. The Balaban J connectivity index is 3.08. The topological polar surface area (TPSA) is 90.0 Å². The molecule has 1 aromatic carbocycles. The van der Waals surface area contributed by atoms with Gasteiger partial charge in [-0.2, -0.15) is 4.31 Å². The third-order valence-corrected chi connectivity index (χ3v) is 6.37. The highest BCUT2D eigenvalue weighted by Gasteiger charge is 2.33. The molecule has 1 aromatic rings. The Bertz CT molecular complexity index is 672. The van der Waals surface area contributed by atoms with E-state index in [1.807, 2.05) is 0 Å². The van der Waals surface area contributed by atoms with Gasteiger partial charge < -0.3 is 9.47 Å². The molecular formula is C16H21Br2NO6S. The molecule has 0 unspecified atom stereocenters. The van der Waals surface area contributed by atoms with E-state index in [1.165, 1.54) is 12.1 Å². The van der Waals surface area contributed by atoms with Gasteiger partial charge in [0.15, 0.2) is 0 Å². The lowest BCUT2D eigenvalue weighted by Gasteiger charge is -2.25. The summed E-state index contributed by atoms with van der Waals surface area (Å²) in [6, 6.07) is 7.78. The highest BCUT2D eigenvalue weighted by atomic mass is 79.9. The van der Waals surface area contributed by atoms with Crippen LogP contribution >= 0.6 is 31.9 Å². The van der Waals surface area contributed by atoms with E-state index < -0.39 is 31.6 Å². The normalized spacial score (nSPS) is 13.9. The van der Waals surface area contributed by atoms with Gasteiger partial charge in [-0.15, -0.1) is 0 Å². The summed E-state index contributed by atoms with van der Waals surface area (Å²) in [7, 11) is -3.93. The predicted molar refractivity (Wildman–Crippen MR) is 104 cm³/mol. The highest BCUT2D eigenvalue weighted by Crippen LogP contribution is 2.20. The molecule has 0 saturated carbocycles. The first-order chi connectivity index (χ1) is 12.2. The smallest absolute Gasteiger partial charge is 0.321 e. The van der Waals surface area contributed by atoms with Crippen LogP contribution in [0.25, 0.3) is 0 Å². The minimum absolute atomic E-state index is 0.0621. The molecule has 146 valence electrons. The lowest BCUT2D eigenvalue weighted by atomic mass is 10.4. The maximum absolute atomic E-state index is 12.9. The number of hydrogen-bond donors (Lipinski definition) is 0. The van der Waals surface area contributed by atoms with E-state index in [0.29, 0.717) is 0 Å². The molecule has 0 radical (unpaired) electrons. The number of halogens is 2. The first-order valence-electron chi connectivity index (χ1n) is 7.90. The Morgan fingerprint density at radius 3 is 1.77 bits per heavy atom. The maximum Gasteiger partial charge on any atom is 0.321 e. The fourth-order valence-electron chi connectivity index (χ4n) is 1.98. The van der Waals surface area contributed by atoms with Gasteiger partial charge in [0.1, 0.15) is 9.65 Å². The van der Waals surface area contributed by atoms with Crippen LogP contribution in [-0.2, 0) is 29.1 Å². The first-order valence-corrected chi connectivity index (χ1v) is 11.2. The molecule has 0 spiro atoms. The van der Waals surface area contributed by atoms with E-state index in [2.05, 4.69) is 31.9 Å². The molecule has 0 saturated heterocycles. The van der Waals surface area contributed by atoms with E-state index in [-0.39, 0.29) is 31.2 Å². The fraction of sp³-hybridized carbons (Fsp3) is 0.500. The standard InChI is InChI=1S/C16H21Br2NO6S/c1-3-24-15(20)13(17)10-19(11-14(18)16(21)25-4-2)26(22,23)12-8-6-5-7-9-12/h5-9,13-14H,3-4,10-11H2,1-2H3/t13-,14+. The molecule has 7 nitrogen and oxygen atoms in total. The van der Waals surface area contributed by atoms with E-state index in [9.17, 15) is 18.0 Å². The van der Waals surface area contributed by atoms with Crippen LogP contribution in [0.4, 0.5) is 0 Å². The van der Waals surface area contributed by atoms with Gasteiger partial charge in [0, 0.05) is 13.1 Å². The summed E-state index contributed by atoms with van der Waals surface area (Å²) in [5, 5.41) is 0. The number of hydrogen-bond acceptors (Lipinski definition) is 6. The zero-order valence-electron chi connectivity index (χ0n) is 14.4. The largest absolute Gasteiger partial charge is 0.465 e. The average molecular weight is 515 g/mol. The van der Waals surface area contributed by atoms with E-state index in [4.69, 9.17) is 9.47 Å². The number of nitrogens with zero attached hydrogens (tertiary/aromatic N) is 1. The van der Waals surface area contributed by atoms with Gasteiger partial charge in [0.25, 0.3) is 0 Å². The summed E-state index contributed by atoms with van der Waals surface area (Å²) in [5.74, 6) is -1.16. The van der Waals surface area contributed by atoms with Gasteiger partial charge >= 0.3 is 11.9 Å². The minimum atomic E-state index is -3.93. The van der Waals surface area contributed by atoms with Crippen LogP contribution in [0.3, 0.4) is 0 Å². The molecule has 0 aromatic heterocycles. The quantitative estimate of drug-likeness (QED) is 0.351. The number of benzene rings is 1. The highest BCUT2D eigenvalue weighted by molar-refractivity contribution is 9.10. The number of rotatable bonds is 10. The molecule has 0 bridgehead atoms. The second-order valence-corrected chi connectivity index (χ2v) is 9.22. The number of ether oxygens (including phenoxy) is 2. The average Bonchev–Trinajstić information content (AvgIpc) is 2.62. The lowest BCUT2D eigenvalue weighted by Crippen LogP contribution is -2.43. The van der Waals surface area contributed by atoms with Crippen molar-refractivity contribution in [3.05, 3.63) is 30.3 Å². The molecular weight excluding hydrogens is 494 g/mol. The fourth-order valence-corrected chi connectivity index (χ4v) is 4.82. The van der Waals surface area contributed by atoms with Crippen molar-refractivity contribution in [3.8, 4) is 0 Å². The van der Waals surface area contributed by atoms with Crippen LogP contribution in [-0.4, -0.2) is 60.6 Å². The summed E-state index contributed by atoms with van der Waals surface area (Å²) in [5.41, 5.74) is 0. The van der Waals surface area contributed by atoms with Crippen LogP contribution < -0.4 is 0 Å². The Labute approximate surface area is 170 Å². The van der Waals surface area contributed by atoms with Gasteiger partial charge in [-0.3, -0.25) is 9.59 Å². The van der Waals surface area contributed by atoms with Crippen molar-refractivity contribution in [2.45, 2.75) is 28.4 Å². The summed E-state index contributed by atoms with van der Waals surface area (Å²) < 4.78 is 36.7. The zero-order valence-corrected chi connectivity index (χ0v) is 18.4. The number of alkyl halides is 2. The summed E-state index contributed by atoms with van der Waals surface area (Å²) in [6.07, 6.45) is 0. The molecule has 0 aliphatic carbocycles. The third kappa shape index (κ3) is 6.64. The van der Waals surface area contributed by atoms with Crippen LogP contribution in [0.5, 0.6) is 0 Å². The minimum Gasteiger partial charge on any atom is -0.465 e. The summed E-state index contributed by atoms with van der Waals surface area (Å²) >= 11 is 6.31. The molecule has 1 rings (SSSR count). The molecule has 26 heavy (non-hydrogen) atoms. The maximum atomic E-state index is 12.9. The Hall–Kier alpha value is -0.970. The van der Waals surface area contributed by atoms with Crippen LogP contribution in [0.15, 0.2) is 35.2 Å².